The van der Waals surface area contributed by atoms with E-state index in [0.29, 0.717) is 0 Å². The summed E-state index contributed by atoms with van der Waals surface area (Å²) < 4.78 is 0. The van der Waals surface area contributed by atoms with Crippen LogP contribution >= 0.6 is 11.3 Å². The Balaban J connectivity index is 1.94. The molecule has 0 fully saturated rings. The average molecular weight is 245 g/mol. The van der Waals surface area contributed by atoms with Crippen molar-refractivity contribution >= 4 is 22.2 Å². The molecule has 4 heteroatoms. The van der Waals surface area contributed by atoms with Gasteiger partial charge in [-0.15, -0.1) is 11.3 Å². The summed E-state index contributed by atoms with van der Waals surface area (Å²) in [4.78, 5) is 8.20. The molecule has 0 spiro atoms. The summed E-state index contributed by atoms with van der Waals surface area (Å²) in [6.45, 7) is 5.99. The zero-order chi connectivity index (χ0) is 12.0. The molecular formula is C13H15N3S. The number of nitrogen functional groups attached to an aromatic ring is 1. The highest BCUT2D eigenvalue weighted by molar-refractivity contribution is 7.15. The van der Waals surface area contributed by atoms with Gasteiger partial charge in [-0.3, -0.25) is 0 Å². The number of aromatic nitrogens is 1. The molecular weight excluding hydrogens is 230 g/mol. The van der Waals surface area contributed by atoms with Crippen molar-refractivity contribution in [2.45, 2.75) is 26.9 Å². The molecule has 0 saturated heterocycles. The van der Waals surface area contributed by atoms with Crippen molar-refractivity contribution in [3.63, 3.8) is 0 Å². The fourth-order valence-corrected chi connectivity index (χ4v) is 3.08. The van der Waals surface area contributed by atoms with E-state index in [0.717, 1.165) is 29.6 Å². The molecule has 1 aromatic carbocycles. The van der Waals surface area contributed by atoms with E-state index in [1.807, 2.05) is 12.1 Å². The van der Waals surface area contributed by atoms with Crippen LogP contribution in [0.5, 0.6) is 0 Å². The number of nitrogens with zero attached hydrogens (tertiary/aromatic N) is 2. The van der Waals surface area contributed by atoms with Crippen LogP contribution in [0.3, 0.4) is 0 Å². The zero-order valence-corrected chi connectivity index (χ0v) is 10.8. The first kappa shape index (κ1) is 10.6. The number of nitrogens with two attached hydrogens (primary N) is 1. The van der Waals surface area contributed by atoms with Gasteiger partial charge in [0.1, 0.15) is 0 Å². The maximum absolute atomic E-state index is 6.00. The fraction of sp³-hybridized carbons (Fsp3) is 0.308. The quantitative estimate of drug-likeness (QED) is 0.786. The van der Waals surface area contributed by atoms with Crippen LogP contribution in [0.1, 0.15) is 21.7 Å². The second-order valence-electron chi connectivity index (χ2n) is 4.48. The summed E-state index contributed by atoms with van der Waals surface area (Å²) in [7, 11) is 0. The van der Waals surface area contributed by atoms with E-state index in [4.69, 9.17) is 5.73 Å². The molecule has 0 radical (unpaired) electrons. The van der Waals surface area contributed by atoms with E-state index >= 15 is 0 Å². The second-order valence-corrected chi connectivity index (χ2v) is 5.66. The molecule has 0 aliphatic carbocycles. The first-order valence-corrected chi connectivity index (χ1v) is 6.52. The highest BCUT2D eigenvalue weighted by atomic mass is 32.1. The standard InChI is InChI=1S/C13H15N3S/c1-8-9(2)17-13(15-8)16-6-10-4-3-5-12(14)11(10)7-16/h3-5H,6-7,14H2,1-2H3. The molecule has 2 N–H and O–H groups in total. The lowest BCUT2D eigenvalue weighted by Gasteiger charge is -2.12. The van der Waals surface area contributed by atoms with Crippen LogP contribution in [0, 0.1) is 13.8 Å². The average Bonchev–Trinajstić information content (AvgIpc) is 2.85. The van der Waals surface area contributed by atoms with Gasteiger partial charge in [-0.2, -0.15) is 0 Å². The normalized spacial score (nSPS) is 14.1. The van der Waals surface area contributed by atoms with Gasteiger partial charge in [0.05, 0.1) is 5.69 Å². The predicted octanol–water partition coefficient (Wildman–Crippen LogP) is 2.86. The summed E-state index contributed by atoms with van der Waals surface area (Å²) in [5.74, 6) is 0. The monoisotopic (exact) mass is 245 g/mol. The Morgan fingerprint density at radius 2 is 2.12 bits per heavy atom. The molecule has 1 aromatic heterocycles. The summed E-state index contributed by atoms with van der Waals surface area (Å²) in [6, 6.07) is 6.15. The number of aryl methyl sites for hydroxylation is 2. The van der Waals surface area contributed by atoms with E-state index in [2.05, 4.69) is 29.8 Å². The van der Waals surface area contributed by atoms with Gasteiger partial charge in [0, 0.05) is 23.7 Å². The van der Waals surface area contributed by atoms with Gasteiger partial charge in [0.25, 0.3) is 0 Å². The Labute approximate surface area is 105 Å². The van der Waals surface area contributed by atoms with Gasteiger partial charge in [0.2, 0.25) is 0 Å². The maximum Gasteiger partial charge on any atom is 0.186 e. The molecule has 0 unspecified atom stereocenters. The van der Waals surface area contributed by atoms with E-state index in [1.54, 1.807) is 11.3 Å². The smallest absolute Gasteiger partial charge is 0.186 e. The number of anilines is 2. The number of hydrogen-bond acceptors (Lipinski definition) is 4. The zero-order valence-electron chi connectivity index (χ0n) is 10.0. The number of rotatable bonds is 1. The lowest BCUT2D eigenvalue weighted by atomic mass is 10.1. The number of thiazole rings is 1. The highest BCUT2D eigenvalue weighted by Gasteiger charge is 2.23. The lowest BCUT2D eigenvalue weighted by molar-refractivity contribution is 0.870. The number of fused-ring (bicyclic) bond motifs is 1. The van der Waals surface area contributed by atoms with Gasteiger partial charge in [-0.05, 0) is 31.0 Å². The van der Waals surface area contributed by atoms with Crippen LogP contribution in [0.4, 0.5) is 10.8 Å². The van der Waals surface area contributed by atoms with Crippen LogP contribution in [0.2, 0.25) is 0 Å². The molecule has 3 rings (SSSR count). The minimum absolute atomic E-state index is 0.883. The third-order valence-corrected chi connectivity index (χ3v) is 4.44. The molecule has 1 aliphatic rings. The van der Waals surface area contributed by atoms with Gasteiger partial charge in [0.15, 0.2) is 5.13 Å². The van der Waals surface area contributed by atoms with Gasteiger partial charge < -0.3 is 10.6 Å². The van der Waals surface area contributed by atoms with E-state index < -0.39 is 0 Å². The van der Waals surface area contributed by atoms with Crippen molar-refractivity contribution in [3.05, 3.63) is 39.9 Å². The first-order chi connectivity index (χ1) is 8.15. The molecule has 3 nitrogen and oxygen atoms in total. The lowest BCUT2D eigenvalue weighted by Crippen LogP contribution is -2.14. The molecule has 17 heavy (non-hydrogen) atoms. The van der Waals surface area contributed by atoms with Crippen LogP contribution < -0.4 is 10.6 Å². The molecule has 2 heterocycles. The second kappa shape index (κ2) is 3.74. The molecule has 1 aliphatic heterocycles. The molecule has 2 aromatic rings. The minimum atomic E-state index is 0.883. The molecule has 0 atom stereocenters. The van der Waals surface area contributed by atoms with Crippen LogP contribution in [0.15, 0.2) is 18.2 Å². The fourth-order valence-electron chi connectivity index (χ4n) is 2.17. The van der Waals surface area contributed by atoms with Crippen LogP contribution in [0.25, 0.3) is 0 Å². The van der Waals surface area contributed by atoms with Crippen molar-refractivity contribution in [2.75, 3.05) is 10.6 Å². The topological polar surface area (TPSA) is 42.2 Å². The minimum Gasteiger partial charge on any atom is -0.398 e. The SMILES string of the molecule is Cc1nc(N2Cc3cccc(N)c3C2)sc1C. The van der Waals surface area contributed by atoms with Gasteiger partial charge in [-0.25, -0.2) is 4.98 Å². The number of hydrogen-bond donors (Lipinski definition) is 1. The van der Waals surface area contributed by atoms with Crippen LogP contribution in [-0.2, 0) is 13.1 Å². The molecule has 0 saturated carbocycles. The Kier molecular flexibility index (Phi) is 2.33. The van der Waals surface area contributed by atoms with Crippen molar-refractivity contribution in [3.8, 4) is 0 Å². The molecule has 0 bridgehead atoms. The Hall–Kier alpha value is -1.55. The number of benzene rings is 1. The highest BCUT2D eigenvalue weighted by Crippen LogP contribution is 2.34. The third kappa shape index (κ3) is 1.69. The van der Waals surface area contributed by atoms with Gasteiger partial charge >= 0.3 is 0 Å². The summed E-state index contributed by atoms with van der Waals surface area (Å²) in [5, 5.41) is 1.11. The summed E-state index contributed by atoms with van der Waals surface area (Å²) >= 11 is 1.76. The third-order valence-electron chi connectivity index (χ3n) is 3.31. The summed E-state index contributed by atoms with van der Waals surface area (Å²) in [5.41, 5.74) is 10.6. The largest absolute Gasteiger partial charge is 0.398 e. The van der Waals surface area contributed by atoms with E-state index in [1.165, 1.54) is 16.0 Å². The summed E-state index contributed by atoms with van der Waals surface area (Å²) in [6.07, 6.45) is 0. The van der Waals surface area contributed by atoms with E-state index in [-0.39, 0.29) is 0 Å². The molecule has 0 amide bonds. The van der Waals surface area contributed by atoms with Crippen LogP contribution in [-0.4, -0.2) is 4.98 Å². The van der Waals surface area contributed by atoms with Crippen molar-refractivity contribution < 1.29 is 0 Å². The van der Waals surface area contributed by atoms with Crippen molar-refractivity contribution in [1.82, 2.24) is 4.98 Å². The van der Waals surface area contributed by atoms with Crippen molar-refractivity contribution in [2.24, 2.45) is 0 Å². The predicted molar refractivity (Wildman–Crippen MR) is 72.3 cm³/mol. The maximum atomic E-state index is 6.00. The van der Waals surface area contributed by atoms with Crippen molar-refractivity contribution in [1.29, 1.82) is 0 Å². The Morgan fingerprint density at radius 1 is 1.29 bits per heavy atom. The first-order valence-electron chi connectivity index (χ1n) is 5.70. The van der Waals surface area contributed by atoms with E-state index in [9.17, 15) is 0 Å². The Morgan fingerprint density at radius 3 is 2.76 bits per heavy atom. The van der Waals surface area contributed by atoms with Gasteiger partial charge in [-0.1, -0.05) is 12.1 Å². The molecule has 88 valence electrons. The Bertz CT molecular complexity index is 555.